The molecule has 6 nitrogen and oxygen atoms in total. The highest BCUT2D eigenvalue weighted by molar-refractivity contribution is 7.10. The number of hydrogen-bond acceptors (Lipinski definition) is 5. The number of nitrogens with zero attached hydrogens (tertiary/aromatic N) is 3. The Bertz CT molecular complexity index is 623. The summed E-state index contributed by atoms with van der Waals surface area (Å²) in [5, 5.41) is 9.28. The summed E-state index contributed by atoms with van der Waals surface area (Å²) in [6.45, 7) is 13.1. The van der Waals surface area contributed by atoms with Crippen LogP contribution in [-0.2, 0) is 4.74 Å². The van der Waals surface area contributed by atoms with E-state index in [4.69, 9.17) is 9.73 Å². The highest BCUT2D eigenvalue weighted by atomic mass is 32.1. The minimum atomic E-state index is 0.420. The molecule has 1 aromatic rings. The number of ether oxygens (including phenoxy) is 1. The average molecular weight is 422 g/mol. The largest absolute Gasteiger partial charge is 0.379 e. The van der Waals surface area contributed by atoms with Crippen LogP contribution in [0, 0.1) is 5.92 Å². The zero-order chi connectivity index (χ0) is 20.6. The molecule has 2 aliphatic heterocycles. The van der Waals surface area contributed by atoms with Gasteiger partial charge in [0.05, 0.1) is 19.8 Å². The molecule has 1 aromatic heterocycles. The fourth-order valence-corrected chi connectivity index (χ4v) is 5.66. The second-order valence-electron chi connectivity index (χ2n) is 8.45. The number of likely N-dealkylation sites (tertiary alicyclic amines) is 1. The molecule has 2 saturated heterocycles. The zero-order valence-electron chi connectivity index (χ0n) is 18.6. The van der Waals surface area contributed by atoms with Crippen LogP contribution in [0.15, 0.2) is 22.5 Å². The number of hydrogen-bond donors (Lipinski definition) is 2. The van der Waals surface area contributed by atoms with Crippen molar-refractivity contribution in [1.82, 2.24) is 20.4 Å². The van der Waals surface area contributed by atoms with E-state index in [0.29, 0.717) is 24.0 Å². The van der Waals surface area contributed by atoms with Crippen molar-refractivity contribution in [2.24, 2.45) is 10.9 Å². The van der Waals surface area contributed by atoms with Crippen molar-refractivity contribution in [2.75, 3.05) is 53.0 Å². The molecule has 7 heteroatoms. The van der Waals surface area contributed by atoms with Crippen LogP contribution in [0.5, 0.6) is 0 Å². The standard InChI is InChI=1S/C22H39N5OS/c1-5-23-22(24-14-17(2)27-11-12-28-16-18(27)3)25-15-19-8-6-10-26(4)21(19)20-9-7-13-29-20/h7,9,13,17-19,21H,5-6,8,10-12,14-16H2,1-4H3,(H2,23,24,25). The van der Waals surface area contributed by atoms with Crippen LogP contribution in [0.4, 0.5) is 0 Å². The average Bonchev–Trinajstić information content (AvgIpc) is 3.24. The molecule has 2 fully saturated rings. The van der Waals surface area contributed by atoms with Crippen LogP contribution >= 0.6 is 11.3 Å². The molecule has 4 atom stereocenters. The molecule has 0 spiro atoms. The monoisotopic (exact) mass is 421 g/mol. The molecule has 164 valence electrons. The minimum Gasteiger partial charge on any atom is -0.379 e. The molecule has 0 radical (unpaired) electrons. The molecule has 0 aliphatic carbocycles. The third-order valence-corrected chi connectivity index (χ3v) is 7.16. The first-order valence-corrected chi connectivity index (χ1v) is 12.1. The van der Waals surface area contributed by atoms with Gasteiger partial charge in [0.15, 0.2) is 5.96 Å². The van der Waals surface area contributed by atoms with E-state index in [1.165, 1.54) is 24.3 Å². The van der Waals surface area contributed by atoms with E-state index in [9.17, 15) is 0 Å². The summed E-state index contributed by atoms with van der Waals surface area (Å²) in [7, 11) is 2.26. The van der Waals surface area contributed by atoms with Gasteiger partial charge in [0.1, 0.15) is 0 Å². The Morgan fingerprint density at radius 1 is 1.38 bits per heavy atom. The summed E-state index contributed by atoms with van der Waals surface area (Å²) >= 11 is 1.88. The maximum atomic E-state index is 5.58. The summed E-state index contributed by atoms with van der Waals surface area (Å²) in [5.74, 6) is 1.55. The Morgan fingerprint density at radius 3 is 2.97 bits per heavy atom. The first-order chi connectivity index (χ1) is 14.1. The Balaban J connectivity index is 1.58. The Labute approximate surface area is 180 Å². The van der Waals surface area contributed by atoms with E-state index in [0.717, 1.165) is 45.4 Å². The van der Waals surface area contributed by atoms with Gasteiger partial charge in [-0.2, -0.15) is 0 Å². The number of piperidine rings is 1. The predicted octanol–water partition coefficient (Wildman–Crippen LogP) is 2.80. The molecule has 0 aromatic carbocycles. The summed E-state index contributed by atoms with van der Waals surface area (Å²) < 4.78 is 5.58. The number of thiophene rings is 1. The maximum Gasteiger partial charge on any atom is 0.191 e. The number of rotatable bonds is 7. The second-order valence-corrected chi connectivity index (χ2v) is 9.43. The molecular formula is C22H39N5OS. The van der Waals surface area contributed by atoms with Crippen LogP contribution in [0.2, 0.25) is 0 Å². The van der Waals surface area contributed by atoms with E-state index in [2.05, 4.69) is 65.8 Å². The fraction of sp³-hybridized carbons (Fsp3) is 0.773. The van der Waals surface area contributed by atoms with Crippen molar-refractivity contribution in [3.05, 3.63) is 22.4 Å². The third-order valence-electron chi connectivity index (χ3n) is 6.22. The van der Waals surface area contributed by atoms with Crippen LogP contribution < -0.4 is 10.6 Å². The SMILES string of the molecule is CCNC(=NCC(C)N1CCOCC1C)NCC1CCCN(C)C1c1cccs1. The van der Waals surface area contributed by atoms with Gasteiger partial charge in [-0.15, -0.1) is 11.3 Å². The lowest BCUT2D eigenvalue weighted by atomic mass is 9.88. The van der Waals surface area contributed by atoms with E-state index in [1.54, 1.807) is 0 Å². The Morgan fingerprint density at radius 2 is 2.24 bits per heavy atom. The van der Waals surface area contributed by atoms with Gasteiger partial charge in [-0.3, -0.25) is 14.8 Å². The highest BCUT2D eigenvalue weighted by Crippen LogP contribution is 2.36. The molecule has 2 aliphatic rings. The van der Waals surface area contributed by atoms with Crippen LogP contribution in [0.25, 0.3) is 0 Å². The van der Waals surface area contributed by atoms with Crippen molar-refractivity contribution in [1.29, 1.82) is 0 Å². The number of aliphatic imine (C=N–C) groups is 1. The van der Waals surface area contributed by atoms with Gasteiger partial charge in [0.25, 0.3) is 0 Å². The van der Waals surface area contributed by atoms with Gasteiger partial charge in [-0.05, 0) is 64.6 Å². The molecule has 0 amide bonds. The van der Waals surface area contributed by atoms with Crippen LogP contribution in [0.3, 0.4) is 0 Å². The fourth-order valence-electron chi connectivity index (χ4n) is 4.68. The van der Waals surface area contributed by atoms with E-state index >= 15 is 0 Å². The van der Waals surface area contributed by atoms with Gasteiger partial charge < -0.3 is 15.4 Å². The number of guanidine groups is 1. The lowest BCUT2D eigenvalue weighted by Gasteiger charge is -2.39. The highest BCUT2D eigenvalue weighted by Gasteiger charge is 2.31. The lowest BCUT2D eigenvalue weighted by Crippen LogP contribution is -2.50. The Hall–Kier alpha value is -1.15. The second kappa shape index (κ2) is 11.3. The number of morpholine rings is 1. The van der Waals surface area contributed by atoms with Gasteiger partial charge >= 0.3 is 0 Å². The van der Waals surface area contributed by atoms with Gasteiger partial charge in [0, 0.05) is 42.6 Å². The molecule has 0 bridgehead atoms. The van der Waals surface area contributed by atoms with Crippen molar-refractivity contribution in [3.63, 3.8) is 0 Å². The van der Waals surface area contributed by atoms with Gasteiger partial charge in [-0.25, -0.2) is 0 Å². The molecule has 29 heavy (non-hydrogen) atoms. The topological polar surface area (TPSA) is 52.1 Å². The molecule has 0 saturated carbocycles. The Kier molecular flexibility index (Phi) is 8.78. The molecular weight excluding hydrogens is 382 g/mol. The third kappa shape index (κ3) is 6.17. The van der Waals surface area contributed by atoms with E-state index < -0.39 is 0 Å². The number of nitrogens with one attached hydrogen (secondary N) is 2. The first-order valence-electron chi connectivity index (χ1n) is 11.2. The van der Waals surface area contributed by atoms with Crippen molar-refractivity contribution in [2.45, 2.75) is 51.7 Å². The van der Waals surface area contributed by atoms with Gasteiger partial charge in [0.2, 0.25) is 0 Å². The van der Waals surface area contributed by atoms with Crippen LogP contribution in [0.1, 0.15) is 44.5 Å². The summed E-state index contributed by atoms with van der Waals surface area (Å²) in [5.41, 5.74) is 0. The zero-order valence-corrected chi connectivity index (χ0v) is 19.4. The lowest BCUT2D eigenvalue weighted by molar-refractivity contribution is -0.0165. The molecule has 2 N–H and O–H groups in total. The minimum absolute atomic E-state index is 0.420. The molecule has 4 unspecified atom stereocenters. The van der Waals surface area contributed by atoms with Crippen molar-refractivity contribution >= 4 is 17.3 Å². The van der Waals surface area contributed by atoms with Crippen molar-refractivity contribution in [3.8, 4) is 0 Å². The van der Waals surface area contributed by atoms with E-state index in [-0.39, 0.29) is 0 Å². The summed E-state index contributed by atoms with van der Waals surface area (Å²) in [4.78, 5) is 11.4. The van der Waals surface area contributed by atoms with E-state index in [1.807, 2.05) is 11.3 Å². The predicted molar refractivity (Wildman–Crippen MR) is 123 cm³/mol. The quantitative estimate of drug-likeness (QED) is 0.524. The normalized spacial score (nSPS) is 28.3. The van der Waals surface area contributed by atoms with Crippen molar-refractivity contribution < 1.29 is 4.74 Å². The molecule has 3 heterocycles. The summed E-state index contributed by atoms with van der Waals surface area (Å²) in [6.07, 6.45) is 2.53. The molecule has 3 rings (SSSR count). The first kappa shape index (κ1) is 22.5. The summed E-state index contributed by atoms with van der Waals surface area (Å²) in [6, 6.07) is 5.85. The van der Waals surface area contributed by atoms with Crippen LogP contribution in [-0.4, -0.2) is 80.8 Å². The smallest absolute Gasteiger partial charge is 0.191 e. The maximum absolute atomic E-state index is 5.58. The van der Waals surface area contributed by atoms with Gasteiger partial charge in [-0.1, -0.05) is 6.07 Å².